The number of imidazole rings is 1. The number of carbonyl (C=O) groups excluding carboxylic acids is 2. The third-order valence-electron chi connectivity index (χ3n) is 5.90. The molecule has 0 saturated carbocycles. The zero-order chi connectivity index (χ0) is 28.1. The highest BCUT2D eigenvalue weighted by molar-refractivity contribution is 7.92. The SMILES string of the molecule is CCC(OC(=O)c1ccc2nc(-c3cccnc3)[nH]c2c1)C(=O)Nc1ccc(S(=O)(=O)Nc2ccccn2)cc1. The Bertz CT molecular complexity index is 1760. The molecule has 5 rings (SSSR count). The highest BCUT2D eigenvalue weighted by atomic mass is 32.2. The van der Waals surface area contributed by atoms with Crippen LogP contribution < -0.4 is 10.0 Å². The number of benzene rings is 2. The van der Waals surface area contributed by atoms with Crippen molar-refractivity contribution in [1.29, 1.82) is 0 Å². The summed E-state index contributed by atoms with van der Waals surface area (Å²) >= 11 is 0. The van der Waals surface area contributed by atoms with Crippen LogP contribution in [0.3, 0.4) is 0 Å². The Morgan fingerprint density at radius 1 is 1.00 bits per heavy atom. The first-order chi connectivity index (χ1) is 19.3. The highest BCUT2D eigenvalue weighted by Crippen LogP contribution is 2.22. The number of nitrogens with zero attached hydrogens (tertiary/aromatic N) is 3. The van der Waals surface area contributed by atoms with Crippen LogP contribution in [-0.2, 0) is 19.6 Å². The van der Waals surface area contributed by atoms with Gasteiger partial charge in [0.25, 0.3) is 15.9 Å². The molecule has 0 spiro atoms. The number of aromatic amines is 1. The van der Waals surface area contributed by atoms with Gasteiger partial charge in [0.1, 0.15) is 11.6 Å². The van der Waals surface area contributed by atoms with Crippen molar-refractivity contribution in [2.45, 2.75) is 24.3 Å². The molecule has 11 nitrogen and oxygen atoms in total. The van der Waals surface area contributed by atoms with E-state index in [0.29, 0.717) is 22.5 Å². The molecule has 12 heteroatoms. The van der Waals surface area contributed by atoms with Crippen molar-refractivity contribution < 1.29 is 22.7 Å². The number of sulfonamides is 1. The van der Waals surface area contributed by atoms with E-state index in [4.69, 9.17) is 4.74 Å². The number of carbonyl (C=O) groups is 2. The van der Waals surface area contributed by atoms with Gasteiger partial charge < -0.3 is 15.0 Å². The van der Waals surface area contributed by atoms with Crippen LogP contribution in [0.2, 0.25) is 0 Å². The first-order valence-corrected chi connectivity index (χ1v) is 13.8. The lowest BCUT2D eigenvalue weighted by atomic mass is 10.2. The van der Waals surface area contributed by atoms with Crippen molar-refractivity contribution in [3.05, 3.63) is 97.0 Å². The zero-order valence-corrected chi connectivity index (χ0v) is 22.1. The zero-order valence-electron chi connectivity index (χ0n) is 21.2. The van der Waals surface area contributed by atoms with E-state index in [9.17, 15) is 18.0 Å². The molecule has 1 amide bonds. The van der Waals surface area contributed by atoms with Gasteiger partial charge in [0.2, 0.25) is 0 Å². The van der Waals surface area contributed by atoms with Gasteiger partial charge in [-0.2, -0.15) is 0 Å². The lowest BCUT2D eigenvalue weighted by molar-refractivity contribution is -0.124. The first kappa shape index (κ1) is 26.5. The molecule has 1 unspecified atom stereocenters. The maximum absolute atomic E-state index is 12.9. The molecule has 2 aromatic carbocycles. The van der Waals surface area contributed by atoms with Gasteiger partial charge in [0.15, 0.2) is 6.10 Å². The van der Waals surface area contributed by atoms with Gasteiger partial charge >= 0.3 is 5.97 Å². The van der Waals surface area contributed by atoms with Crippen LogP contribution in [0.25, 0.3) is 22.4 Å². The Hall–Kier alpha value is -5.10. The molecule has 1 atom stereocenters. The average Bonchev–Trinajstić information content (AvgIpc) is 3.40. The van der Waals surface area contributed by atoms with Crippen LogP contribution in [0, 0.1) is 0 Å². The summed E-state index contributed by atoms with van der Waals surface area (Å²) in [5, 5.41) is 2.66. The van der Waals surface area contributed by atoms with Crippen molar-refractivity contribution in [3.8, 4) is 11.4 Å². The second kappa shape index (κ2) is 11.3. The molecular formula is C28H24N6O5S. The third kappa shape index (κ3) is 5.97. The summed E-state index contributed by atoms with van der Waals surface area (Å²) in [5.41, 5.74) is 2.72. The fraction of sp³-hybridized carbons (Fsp3) is 0.107. The van der Waals surface area contributed by atoms with Gasteiger partial charge in [0.05, 0.1) is 21.5 Å². The molecule has 0 fully saturated rings. The molecule has 40 heavy (non-hydrogen) atoms. The lowest BCUT2D eigenvalue weighted by Crippen LogP contribution is -2.32. The van der Waals surface area contributed by atoms with E-state index in [2.05, 4.69) is 30.0 Å². The van der Waals surface area contributed by atoms with Crippen molar-refractivity contribution in [1.82, 2.24) is 19.9 Å². The number of amides is 1. The van der Waals surface area contributed by atoms with E-state index in [1.807, 2.05) is 6.07 Å². The normalized spacial score (nSPS) is 12.0. The van der Waals surface area contributed by atoms with Crippen molar-refractivity contribution in [2.75, 3.05) is 10.0 Å². The minimum Gasteiger partial charge on any atom is -0.449 e. The number of ether oxygens (including phenoxy) is 1. The molecule has 0 aliphatic rings. The Kier molecular flexibility index (Phi) is 7.51. The standard InChI is InChI=1S/C28H24N6O5S/c1-2-24(27(35)31-20-9-11-21(12-10-20)40(37,38)34-25-7-3-4-15-30-25)39-28(36)18-8-13-22-23(16-18)33-26(32-22)19-6-5-14-29-17-19/h3-17,24H,2H2,1H3,(H,30,34)(H,31,35)(H,32,33). The summed E-state index contributed by atoms with van der Waals surface area (Å²) in [6.45, 7) is 1.72. The number of esters is 1. The summed E-state index contributed by atoms with van der Waals surface area (Å²) in [4.78, 5) is 41.5. The van der Waals surface area contributed by atoms with Crippen LogP contribution in [0.4, 0.5) is 11.5 Å². The first-order valence-electron chi connectivity index (χ1n) is 12.3. The van der Waals surface area contributed by atoms with E-state index >= 15 is 0 Å². The fourth-order valence-corrected chi connectivity index (χ4v) is 4.86. The van der Waals surface area contributed by atoms with Gasteiger partial charge in [-0.05, 0) is 73.2 Å². The lowest BCUT2D eigenvalue weighted by Gasteiger charge is -2.16. The molecule has 0 saturated heterocycles. The van der Waals surface area contributed by atoms with Gasteiger partial charge in [-0.25, -0.2) is 23.2 Å². The quantitative estimate of drug-likeness (QED) is 0.226. The van der Waals surface area contributed by atoms with Crippen LogP contribution >= 0.6 is 0 Å². The monoisotopic (exact) mass is 556 g/mol. The number of H-pyrrole nitrogens is 1. The molecule has 0 radical (unpaired) electrons. The second-order valence-electron chi connectivity index (χ2n) is 8.70. The van der Waals surface area contributed by atoms with Crippen LogP contribution in [0.1, 0.15) is 23.7 Å². The number of anilines is 2. The van der Waals surface area contributed by atoms with E-state index in [1.54, 1.807) is 55.7 Å². The largest absolute Gasteiger partial charge is 0.449 e. The number of hydrogen-bond acceptors (Lipinski definition) is 8. The Morgan fingerprint density at radius 2 is 1.82 bits per heavy atom. The van der Waals surface area contributed by atoms with Crippen molar-refractivity contribution >= 4 is 44.4 Å². The minimum absolute atomic E-state index is 0.00416. The Labute approximate surface area is 229 Å². The predicted octanol–water partition coefficient (Wildman–Crippen LogP) is 4.39. The van der Waals surface area contributed by atoms with E-state index in [0.717, 1.165) is 5.56 Å². The molecule has 3 N–H and O–H groups in total. The summed E-state index contributed by atoms with van der Waals surface area (Å²) in [5.74, 6) is -0.401. The molecular weight excluding hydrogens is 532 g/mol. The Morgan fingerprint density at radius 3 is 2.52 bits per heavy atom. The number of rotatable bonds is 9. The van der Waals surface area contributed by atoms with Gasteiger partial charge in [-0.1, -0.05) is 13.0 Å². The second-order valence-corrected chi connectivity index (χ2v) is 10.4. The Balaban J connectivity index is 1.23. The topological polar surface area (TPSA) is 156 Å². The predicted molar refractivity (Wildman–Crippen MR) is 149 cm³/mol. The summed E-state index contributed by atoms with van der Waals surface area (Å²) in [6.07, 6.45) is 3.99. The van der Waals surface area contributed by atoms with E-state index in [1.165, 1.54) is 36.5 Å². The van der Waals surface area contributed by atoms with Crippen LogP contribution in [-0.4, -0.2) is 46.3 Å². The number of aromatic nitrogens is 4. The molecule has 0 aliphatic carbocycles. The van der Waals surface area contributed by atoms with Crippen molar-refractivity contribution in [2.24, 2.45) is 0 Å². The molecule has 5 aromatic rings. The minimum atomic E-state index is -3.86. The summed E-state index contributed by atoms with van der Waals surface area (Å²) < 4.78 is 33.1. The summed E-state index contributed by atoms with van der Waals surface area (Å²) in [6, 6.07) is 19.1. The third-order valence-corrected chi connectivity index (χ3v) is 7.27. The van der Waals surface area contributed by atoms with Crippen LogP contribution in [0.15, 0.2) is 96.3 Å². The van der Waals surface area contributed by atoms with Gasteiger partial charge in [0, 0.05) is 29.8 Å². The number of pyridine rings is 2. The maximum atomic E-state index is 12.9. The number of fused-ring (bicyclic) bond motifs is 1. The molecule has 202 valence electrons. The number of nitrogens with one attached hydrogen (secondary N) is 3. The molecule has 0 bridgehead atoms. The van der Waals surface area contributed by atoms with E-state index < -0.39 is 28.0 Å². The van der Waals surface area contributed by atoms with E-state index in [-0.39, 0.29) is 22.7 Å². The van der Waals surface area contributed by atoms with Gasteiger partial charge in [-0.3, -0.25) is 14.5 Å². The smallest absolute Gasteiger partial charge is 0.338 e. The fourth-order valence-electron chi connectivity index (χ4n) is 3.86. The highest BCUT2D eigenvalue weighted by Gasteiger charge is 2.23. The van der Waals surface area contributed by atoms with Gasteiger partial charge in [-0.15, -0.1) is 0 Å². The summed E-state index contributed by atoms with van der Waals surface area (Å²) in [7, 11) is -3.86. The van der Waals surface area contributed by atoms with Crippen LogP contribution in [0.5, 0.6) is 0 Å². The van der Waals surface area contributed by atoms with Crippen molar-refractivity contribution in [3.63, 3.8) is 0 Å². The molecule has 3 heterocycles. The average molecular weight is 557 g/mol. The maximum Gasteiger partial charge on any atom is 0.338 e. The molecule has 0 aliphatic heterocycles. The number of hydrogen-bond donors (Lipinski definition) is 3. The molecule has 3 aromatic heterocycles.